The Morgan fingerprint density at radius 3 is 1.73 bits per heavy atom. The topological polar surface area (TPSA) is 54.4 Å². The maximum atomic E-state index is 12.1. The molecular weight excluding hydrogens is 428 g/mol. The van der Waals surface area contributed by atoms with Crippen LogP contribution < -0.4 is 0 Å². The molecule has 0 spiro atoms. The van der Waals surface area contributed by atoms with Crippen LogP contribution in [0.2, 0.25) is 0 Å². The summed E-state index contributed by atoms with van der Waals surface area (Å²) < 4.78 is 34.1. The van der Waals surface area contributed by atoms with Gasteiger partial charge >= 0.3 is 0 Å². The Bertz CT molecular complexity index is 763. The Morgan fingerprint density at radius 2 is 1.24 bits per heavy atom. The molecule has 1 N–H and O–H groups in total. The maximum absolute atomic E-state index is 12.1. The Hall–Kier alpha value is -0.870. The van der Waals surface area contributed by atoms with Gasteiger partial charge in [-0.1, -0.05) is 116 Å². The third kappa shape index (κ3) is 10.5. The van der Waals surface area contributed by atoms with Crippen LogP contribution in [0.1, 0.15) is 152 Å². The van der Waals surface area contributed by atoms with E-state index < -0.39 is 10.1 Å². The number of benzene rings is 1. The molecule has 1 fully saturated rings. The summed E-state index contributed by atoms with van der Waals surface area (Å²) in [6.45, 7) is 4.37. The van der Waals surface area contributed by atoms with Crippen molar-refractivity contribution in [1.29, 1.82) is 0 Å². The van der Waals surface area contributed by atoms with E-state index in [2.05, 4.69) is 13.8 Å². The van der Waals surface area contributed by atoms with Crippen LogP contribution in [0.15, 0.2) is 17.0 Å². The highest BCUT2D eigenvalue weighted by atomic mass is 32.2. The van der Waals surface area contributed by atoms with Gasteiger partial charge in [-0.05, 0) is 61.3 Å². The molecule has 33 heavy (non-hydrogen) atoms. The molecule has 0 radical (unpaired) electrons. The molecule has 0 saturated heterocycles. The molecule has 0 atom stereocenters. The average molecular weight is 479 g/mol. The molecule has 3 nitrogen and oxygen atoms in total. The standard InChI is InChI=1S/C29H50O3S/c1-3-4-5-6-7-8-9-10-11-12-13-14-15-19-22-27-25(2)23-24-28(33(30,31)32)29(27)26-20-17-16-18-21-26/h23-24,26H,3-22H2,1-2H3,(H,30,31,32). The third-order valence-electron chi connectivity index (χ3n) is 7.62. The van der Waals surface area contributed by atoms with Gasteiger partial charge in [0, 0.05) is 0 Å². The highest BCUT2D eigenvalue weighted by Gasteiger charge is 2.27. The summed E-state index contributed by atoms with van der Waals surface area (Å²) in [6, 6.07) is 3.51. The number of aryl methyl sites for hydroxylation is 1. The largest absolute Gasteiger partial charge is 0.294 e. The van der Waals surface area contributed by atoms with Gasteiger partial charge < -0.3 is 0 Å². The van der Waals surface area contributed by atoms with Crippen LogP contribution in [-0.4, -0.2) is 13.0 Å². The van der Waals surface area contributed by atoms with Crippen LogP contribution >= 0.6 is 0 Å². The summed E-state index contributed by atoms with van der Waals surface area (Å²) in [4.78, 5) is 0.167. The minimum absolute atomic E-state index is 0.167. The van der Waals surface area contributed by atoms with Gasteiger partial charge in [0.2, 0.25) is 0 Å². The predicted octanol–water partition coefficient (Wildman–Crippen LogP) is 9.31. The molecule has 1 aliphatic carbocycles. The summed E-state index contributed by atoms with van der Waals surface area (Å²) in [7, 11) is -4.18. The fourth-order valence-electron chi connectivity index (χ4n) is 5.64. The van der Waals surface area contributed by atoms with Crippen molar-refractivity contribution < 1.29 is 13.0 Å². The molecule has 2 rings (SSSR count). The third-order valence-corrected chi connectivity index (χ3v) is 8.53. The number of unbranched alkanes of at least 4 members (excludes halogenated alkanes) is 13. The molecule has 0 aliphatic heterocycles. The van der Waals surface area contributed by atoms with Crippen molar-refractivity contribution in [2.75, 3.05) is 0 Å². The van der Waals surface area contributed by atoms with E-state index in [-0.39, 0.29) is 10.8 Å². The maximum Gasteiger partial charge on any atom is 0.294 e. The SMILES string of the molecule is CCCCCCCCCCCCCCCCc1c(C)ccc(S(=O)(=O)O)c1C1CCCCC1. The summed E-state index contributed by atoms with van der Waals surface area (Å²) in [5.41, 5.74) is 3.31. The second kappa shape index (κ2) is 15.9. The summed E-state index contributed by atoms with van der Waals surface area (Å²) in [5.74, 6) is 0.275. The molecule has 0 heterocycles. The van der Waals surface area contributed by atoms with Gasteiger partial charge in [-0.15, -0.1) is 0 Å². The monoisotopic (exact) mass is 478 g/mol. The van der Waals surface area contributed by atoms with E-state index in [1.54, 1.807) is 6.07 Å². The first-order valence-corrected chi connectivity index (χ1v) is 15.5. The Balaban J connectivity index is 1.72. The second-order valence-electron chi connectivity index (χ2n) is 10.4. The van der Waals surface area contributed by atoms with Crippen molar-refractivity contribution >= 4 is 10.1 Å². The van der Waals surface area contributed by atoms with Crippen LogP contribution in [0.4, 0.5) is 0 Å². The fraction of sp³-hybridized carbons (Fsp3) is 0.793. The average Bonchev–Trinajstić information content (AvgIpc) is 2.79. The molecule has 4 heteroatoms. The number of hydrogen-bond donors (Lipinski definition) is 1. The molecule has 0 bridgehead atoms. The molecule has 1 saturated carbocycles. The number of rotatable bonds is 17. The zero-order chi connectivity index (χ0) is 23.9. The quantitative estimate of drug-likeness (QED) is 0.179. The summed E-state index contributed by atoms with van der Waals surface area (Å²) in [6.07, 6.45) is 25.3. The van der Waals surface area contributed by atoms with Gasteiger partial charge in [-0.3, -0.25) is 4.55 Å². The first-order chi connectivity index (χ1) is 15.9. The van der Waals surface area contributed by atoms with E-state index in [0.717, 1.165) is 44.1 Å². The van der Waals surface area contributed by atoms with Crippen molar-refractivity contribution in [2.45, 2.75) is 153 Å². The molecule has 0 aromatic heterocycles. The Kier molecular flexibility index (Phi) is 13.7. The lowest BCUT2D eigenvalue weighted by Gasteiger charge is -2.27. The summed E-state index contributed by atoms with van der Waals surface area (Å²) in [5, 5.41) is 0. The smallest absolute Gasteiger partial charge is 0.282 e. The summed E-state index contributed by atoms with van der Waals surface area (Å²) >= 11 is 0. The van der Waals surface area contributed by atoms with Gasteiger partial charge in [-0.2, -0.15) is 8.42 Å². The van der Waals surface area contributed by atoms with E-state index in [1.165, 1.54) is 101 Å². The van der Waals surface area contributed by atoms with Crippen molar-refractivity contribution in [1.82, 2.24) is 0 Å². The molecule has 190 valence electrons. The van der Waals surface area contributed by atoms with Gasteiger partial charge in [0.25, 0.3) is 10.1 Å². The van der Waals surface area contributed by atoms with Crippen molar-refractivity contribution in [2.24, 2.45) is 0 Å². The van der Waals surface area contributed by atoms with Crippen LogP contribution in [-0.2, 0) is 16.5 Å². The molecule has 1 aliphatic rings. The Labute approximate surface area is 204 Å². The van der Waals surface area contributed by atoms with Crippen molar-refractivity contribution in [3.63, 3.8) is 0 Å². The van der Waals surface area contributed by atoms with Crippen LogP contribution in [0, 0.1) is 6.92 Å². The van der Waals surface area contributed by atoms with E-state index in [0.29, 0.717) is 0 Å². The zero-order valence-electron chi connectivity index (χ0n) is 21.5. The van der Waals surface area contributed by atoms with E-state index >= 15 is 0 Å². The lowest BCUT2D eigenvalue weighted by Crippen LogP contribution is -2.14. The fourth-order valence-corrected chi connectivity index (χ4v) is 6.45. The lowest BCUT2D eigenvalue weighted by atomic mass is 9.80. The predicted molar refractivity (Wildman–Crippen MR) is 141 cm³/mol. The minimum atomic E-state index is -4.18. The first-order valence-electron chi connectivity index (χ1n) is 14.0. The van der Waals surface area contributed by atoms with Crippen molar-refractivity contribution in [3.8, 4) is 0 Å². The molecule has 0 amide bonds. The zero-order valence-corrected chi connectivity index (χ0v) is 22.4. The lowest BCUT2D eigenvalue weighted by molar-refractivity contribution is 0.431. The van der Waals surface area contributed by atoms with Crippen molar-refractivity contribution in [3.05, 3.63) is 28.8 Å². The van der Waals surface area contributed by atoms with E-state index in [9.17, 15) is 13.0 Å². The normalized spacial score (nSPS) is 15.2. The molecule has 1 aromatic carbocycles. The molecular formula is C29H50O3S. The highest BCUT2D eigenvalue weighted by Crippen LogP contribution is 2.39. The van der Waals surface area contributed by atoms with Gasteiger partial charge in [0.15, 0.2) is 0 Å². The van der Waals surface area contributed by atoms with Crippen LogP contribution in [0.3, 0.4) is 0 Å². The number of hydrogen-bond acceptors (Lipinski definition) is 2. The van der Waals surface area contributed by atoms with Crippen LogP contribution in [0.5, 0.6) is 0 Å². The second-order valence-corrected chi connectivity index (χ2v) is 11.8. The first kappa shape index (κ1) is 28.4. The van der Waals surface area contributed by atoms with Gasteiger partial charge in [-0.25, -0.2) is 0 Å². The minimum Gasteiger partial charge on any atom is -0.282 e. The van der Waals surface area contributed by atoms with E-state index in [1.807, 2.05) is 6.07 Å². The van der Waals surface area contributed by atoms with Crippen LogP contribution in [0.25, 0.3) is 0 Å². The highest BCUT2D eigenvalue weighted by molar-refractivity contribution is 7.85. The Morgan fingerprint density at radius 1 is 0.758 bits per heavy atom. The molecule has 0 unspecified atom stereocenters. The van der Waals surface area contributed by atoms with Gasteiger partial charge in [0.1, 0.15) is 0 Å². The molecule has 1 aromatic rings. The van der Waals surface area contributed by atoms with Gasteiger partial charge in [0.05, 0.1) is 4.90 Å². The van der Waals surface area contributed by atoms with E-state index in [4.69, 9.17) is 0 Å².